The van der Waals surface area contributed by atoms with Crippen LogP contribution in [0.4, 0.5) is 0 Å². The van der Waals surface area contributed by atoms with Crippen molar-refractivity contribution < 1.29 is 20.8 Å². The number of halogens is 2. The van der Waals surface area contributed by atoms with Gasteiger partial charge in [0.25, 0.3) is 0 Å². The molecule has 3 aromatic rings. The Morgan fingerprint density at radius 1 is 0.833 bits per heavy atom. The molecule has 0 heterocycles. The first-order chi connectivity index (χ1) is 8.85. The molecule has 0 bridgehead atoms. The predicted molar refractivity (Wildman–Crippen MR) is 76.7 cm³/mol. The summed E-state index contributed by atoms with van der Waals surface area (Å²) in [5.41, 5.74) is 2.56. The summed E-state index contributed by atoms with van der Waals surface area (Å²) in [4.78, 5) is 0. The van der Waals surface area contributed by atoms with E-state index in [0.717, 1.165) is 0 Å². The monoisotopic (exact) mass is 351 g/mol. The first-order valence-corrected chi connectivity index (χ1v) is 11.9. The zero-order chi connectivity index (χ0) is 12.8. The molecular formula is C15H11Cl2Zr-. The second-order valence-corrected chi connectivity index (χ2v) is 7.54. The van der Waals surface area contributed by atoms with E-state index in [1.165, 1.54) is 21.9 Å². The molecule has 90 valence electrons. The fourth-order valence-corrected chi connectivity index (χ4v) is 1.94. The van der Waals surface area contributed by atoms with Crippen molar-refractivity contribution in [2.24, 2.45) is 0 Å². The third-order valence-electron chi connectivity index (χ3n) is 2.75. The van der Waals surface area contributed by atoms with Crippen LogP contribution in [-0.2, 0) is 20.8 Å². The van der Waals surface area contributed by atoms with Crippen molar-refractivity contribution in [3.8, 4) is 11.1 Å². The molecule has 18 heavy (non-hydrogen) atoms. The van der Waals surface area contributed by atoms with Gasteiger partial charge in [-0.05, 0) is 11.1 Å². The van der Waals surface area contributed by atoms with Crippen molar-refractivity contribution in [1.82, 2.24) is 0 Å². The molecule has 0 aliphatic carbocycles. The SMILES string of the molecule is [Cl][Zr][Cl].c1ccc(-c2ccc3[cH-]ccc3c2)cc1. The van der Waals surface area contributed by atoms with Crippen LogP contribution in [0.2, 0.25) is 0 Å². The van der Waals surface area contributed by atoms with E-state index >= 15 is 0 Å². The van der Waals surface area contributed by atoms with Crippen LogP contribution < -0.4 is 0 Å². The van der Waals surface area contributed by atoms with Crippen LogP contribution in [0.15, 0.2) is 66.7 Å². The van der Waals surface area contributed by atoms with Crippen molar-refractivity contribution in [2.75, 3.05) is 0 Å². The fourth-order valence-electron chi connectivity index (χ4n) is 1.94. The van der Waals surface area contributed by atoms with Gasteiger partial charge in [-0.2, -0.15) is 17.5 Å². The van der Waals surface area contributed by atoms with E-state index in [4.69, 9.17) is 17.0 Å². The molecule has 0 radical (unpaired) electrons. The smallest absolute Gasteiger partial charge is 0.0200 e. The van der Waals surface area contributed by atoms with Gasteiger partial charge in [-0.15, -0.1) is 17.5 Å². The number of rotatable bonds is 1. The van der Waals surface area contributed by atoms with E-state index in [2.05, 4.69) is 60.7 Å². The zero-order valence-electron chi connectivity index (χ0n) is 9.61. The minimum Gasteiger partial charge on any atom is -0.168 e. The van der Waals surface area contributed by atoms with Crippen LogP contribution in [0.5, 0.6) is 0 Å². The summed E-state index contributed by atoms with van der Waals surface area (Å²) in [7, 11) is 9.87. The molecule has 0 saturated heterocycles. The van der Waals surface area contributed by atoms with Gasteiger partial charge < -0.3 is 0 Å². The van der Waals surface area contributed by atoms with Gasteiger partial charge >= 0.3 is 37.9 Å². The maximum absolute atomic E-state index is 4.93. The Kier molecular flexibility index (Phi) is 5.56. The molecule has 0 aromatic heterocycles. The first kappa shape index (κ1) is 13.9. The second-order valence-electron chi connectivity index (χ2n) is 3.81. The molecule has 3 aromatic carbocycles. The molecule has 0 amide bonds. The molecule has 3 rings (SSSR count). The van der Waals surface area contributed by atoms with E-state index in [-0.39, 0.29) is 0 Å². The molecule has 0 N–H and O–H groups in total. The van der Waals surface area contributed by atoms with Gasteiger partial charge in [-0.3, -0.25) is 0 Å². The molecule has 0 nitrogen and oxygen atoms in total. The van der Waals surface area contributed by atoms with Gasteiger partial charge in [0.2, 0.25) is 0 Å². The molecule has 0 atom stereocenters. The number of hydrogen-bond acceptors (Lipinski definition) is 0. The van der Waals surface area contributed by atoms with E-state index in [1.54, 1.807) is 0 Å². The summed E-state index contributed by atoms with van der Waals surface area (Å²) in [6, 6.07) is 23.5. The standard InChI is InChI=1S/C15H11.2ClH.Zr/c1-2-5-12(6-3-1)15-10-9-13-7-4-8-14(13)11-15;;;/h1-11H;2*1H;/q-1;;;+2/p-2. The average Bonchev–Trinajstić information content (AvgIpc) is 2.88. The van der Waals surface area contributed by atoms with Crippen LogP contribution in [0.25, 0.3) is 21.9 Å². The third-order valence-corrected chi connectivity index (χ3v) is 2.75. The Hall–Kier alpha value is -0.487. The van der Waals surface area contributed by atoms with Gasteiger partial charge in [-0.25, -0.2) is 0 Å². The van der Waals surface area contributed by atoms with Gasteiger partial charge in [0.15, 0.2) is 0 Å². The average molecular weight is 353 g/mol. The minimum atomic E-state index is -0.826. The van der Waals surface area contributed by atoms with Crippen molar-refractivity contribution >= 4 is 27.8 Å². The van der Waals surface area contributed by atoms with Crippen LogP contribution in [0.3, 0.4) is 0 Å². The Labute approximate surface area is 126 Å². The maximum Gasteiger partial charge on any atom is -0.0200 e. The first-order valence-electron chi connectivity index (χ1n) is 5.52. The quantitative estimate of drug-likeness (QED) is 0.499. The predicted octanol–water partition coefficient (Wildman–Crippen LogP) is 5.60. The van der Waals surface area contributed by atoms with Crippen LogP contribution in [0, 0.1) is 0 Å². The summed E-state index contributed by atoms with van der Waals surface area (Å²) in [6.07, 6.45) is 0. The number of benzene rings is 2. The topological polar surface area (TPSA) is 0 Å². The van der Waals surface area contributed by atoms with Gasteiger partial charge in [0, 0.05) is 0 Å². The van der Waals surface area contributed by atoms with Crippen molar-refractivity contribution in [1.29, 1.82) is 0 Å². The minimum absolute atomic E-state index is 0.826. The molecule has 0 aliphatic rings. The molecule has 0 aliphatic heterocycles. The van der Waals surface area contributed by atoms with E-state index in [1.807, 2.05) is 6.07 Å². The normalized spacial score (nSPS) is 9.67. The van der Waals surface area contributed by atoms with Crippen LogP contribution in [0.1, 0.15) is 0 Å². The number of fused-ring (bicyclic) bond motifs is 1. The molecule has 0 unspecified atom stereocenters. The second kappa shape index (κ2) is 7.19. The Morgan fingerprint density at radius 2 is 1.56 bits per heavy atom. The fraction of sp³-hybridized carbons (Fsp3) is 0. The van der Waals surface area contributed by atoms with E-state index in [9.17, 15) is 0 Å². The molecule has 0 saturated carbocycles. The van der Waals surface area contributed by atoms with Crippen molar-refractivity contribution in [2.45, 2.75) is 0 Å². The Bertz CT molecular complexity index is 602. The van der Waals surface area contributed by atoms with Crippen molar-refractivity contribution in [3.05, 3.63) is 66.7 Å². The summed E-state index contributed by atoms with van der Waals surface area (Å²) in [6.45, 7) is 0. The third kappa shape index (κ3) is 3.51. The van der Waals surface area contributed by atoms with Gasteiger partial charge in [0.1, 0.15) is 0 Å². The molecular weight excluding hydrogens is 342 g/mol. The summed E-state index contributed by atoms with van der Waals surface area (Å²) >= 11 is -0.826. The summed E-state index contributed by atoms with van der Waals surface area (Å²) in [5, 5.41) is 2.63. The van der Waals surface area contributed by atoms with Gasteiger partial charge in [-0.1, -0.05) is 42.5 Å². The zero-order valence-corrected chi connectivity index (χ0v) is 13.6. The molecule has 0 spiro atoms. The van der Waals surface area contributed by atoms with E-state index < -0.39 is 20.8 Å². The largest absolute Gasteiger partial charge is 0.168 e. The Balaban J connectivity index is 0.000000367. The summed E-state index contributed by atoms with van der Waals surface area (Å²) in [5.74, 6) is 0. The maximum atomic E-state index is 4.93. The molecule has 0 fully saturated rings. The summed E-state index contributed by atoms with van der Waals surface area (Å²) < 4.78 is 0. The van der Waals surface area contributed by atoms with E-state index in [0.29, 0.717) is 0 Å². The molecule has 3 heteroatoms. The van der Waals surface area contributed by atoms with Gasteiger partial charge in [0.05, 0.1) is 0 Å². The van der Waals surface area contributed by atoms with Crippen LogP contribution in [-0.4, -0.2) is 0 Å². The Morgan fingerprint density at radius 3 is 2.28 bits per heavy atom. The van der Waals surface area contributed by atoms with Crippen molar-refractivity contribution in [3.63, 3.8) is 0 Å². The number of hydrogen-bond donors (Lipinski definition) is 0. The van der Waals surface area contributed by atoms with Crippen LogP contribution >= 0.6 is 17.0 Å².